The lowest BCUT2D eigenvalue weighted by Gasteiger charge is -2.23. The van der Waals surface area contributed by atoms with Gasteiger partial charge in [0.05, 0.1) is 17.3 Å². The summed E-state index contributed by atoms with van der Waals surface area (Å²) in [5, 5.41) is 14.5. The lowest BCUT2D eigenvalue weighted by atomic mass is 9.84. The largest absolute Gasteiger partial charge is 0.481 e. The summed E-state index contributed by atoms with van der Waals surface area (Å²) in [5.74, 6) is -1.51. The second-order valence-electron chi connectivity index (χ2n) is 6.27. The summed E-state index contributed by atoms with van der Waals surface area (Å²) in [6.07, 6.45) is 2.14. The number of aliphatic carboxylic acids is 1. The first-order valence-corrected chi connectivity index (χ1v) is 6.88. The van der Waals surface area contributed by atoms with E-state index in [0.717, 1.165) is 0 Å². The van der Waals surface area contributed by atoms with Gasteiger partial charge in [-0.3, -0.25) is 9.78 Å². The number of carbonyl (C=O) groups is 2. The molecule has 1 unspecified atom stereocenters. The molecule has 21 heavy (non-hydrogen) atoms. The fourth-order valence-corrected chi connectivity index (χ4v) is 1.98. The van der Waals surface area contributed by atoms with Gasteiger partial charge in [0.1, 0.15) is 0 Å². The van der Waals surface area contributed by atoms with E-state index in [0.29, 0.717) is 17.8 Å². The Morgan fingerprint density at radius 2 is 2.05 bits per heavy atom. The Hall–Kier alpha value is -2.11. The van der Waals surface area contributed by atoms with Crippen LogP contribution in [-0.2, 0) is 4.79 Å². The maximum atomic E-state index is 11.8. The smallest absolute Gasteiger partial charge is 0.319 e. The van der Waals surface area contributed by atoms with E-state index in [2.05, 4.69) is 15.6 Å². The molecule has 0 saturated carbocycles. The van der Waals surface area contributed by atoms with Crippen molar-refractivity contribution in [2.75, 3.05) is 11.9 Å². The monoisotopic (exact) mass is 293 g/mol. The number of pyridine rings is 1. The van der Waals surface area contributed by atoms with E-state index in [-0.39, 0.29) is 12.0 Å². The molecule has 0 bridgehead atoms. The Bertz CT molecular complexity index is 509. The zero-order valence-corrected chi connectivity index (χ0v) is 12.9. The molecule has 1 aromatic rings. The molecule has 6 nitrogen and oxygen atoms in total. The van der Waals surface area contributed by atoms with Crippen molar-refractivity contribution in [1.82, 2.24) is 10.3 Å². The van der Waals surface area contributed by atoms with Gasteiger partial charge >= 0.3 is 12.0 Å². The highest BCUT2D eigenvalue weighted by Crippen LogP contribution is 2.24. The number of rotatable bonds is 5. The van der Waals surface area contributed by atoms with Crippen LogP contribution in [0, 0.1) is 18.3 Å². The van der Waals surface area contributed by atoms with Crippen LogP contribution in [0.3, 0.4) is 0 Å². The van der Waals surface area contributed by atoms with Crippen molar-refractivity contribution in [3.8, 4) is 0 Å². The number of urea groups is 1. The number of hydrogen-bond donors (Lipinski definition) is 3. The van der Waals surface area contributed by atoms with Crippen molar-refractivity contribution in [2.24, 2.45) is 11.3 Å². The van der Waals surface area contributed by atoms with Crippen LogP contribution < -0.4 is 10.6 Å². The molecule has 0 aliphatic heterocycles. The Morgan fingerprint density at radius 3 is 2.57 bits per heavy atom. The fourth-order valence-electron chi connectivity index (χ4n) is 1.98. The summed E-state index contributed by atoms with van der Waals surface area (Å²) >= 11 is 0. The zero-order chi connectivity index (χ0) is 16.0. The Kier molecular flexibility index (Phi) is 5.69. The number of carboxylic acid groups (broad SMARTS) is 1. The molecular weight excluding hydrogens is 270 g/mol. The molecule has 116 valence electrons. The first-order valence-electron chi connectivity index (χ1n) is 6.88. The molecule has 0 fully saturated rings. The van der Waals surface area contributed by atoms with Crippen molar-refractivity contribution >= 4 is 17.7 Å². The molecule has 1 aromatic heterocycles. The first kappa shape index (κ1) is 16.9. The Morgan fingerprint density at radius 1 is 1.38 bits per heavy atom. The number of amides is 2. The van der Waals surface area contributed by atoms with Gasteiger partial charge in [0.2, 0.25) is 0 Å². The van der Waals surface area contributed by atoms with E-state index in [1.165, 1.54) is 0 Å². The minimum Gasteiger partial charge on any atom is -0.481 e. The van der Waals surface area contributed by atoms with E-state index < -0.39 is 17.9 Å². The Balaban J connectivity index is 2.54. The third kappa shape index (κ3) is 6.25. The second kappa shape index (κ2) is 7.06. The standard InChI is InChI=1S/C15H23N3O3/c1-10-12(6-5-7-16-10)18-14(21)17-9-11(13(19)20)8-15(2,3)4/h5-7,11H,8-9H2,1-4H3,(H,19,20)(H2,17,18,21). The van der Waals surface area contributed by atoms with E-state index >= 15 is 0 Å². The molecule has 1 heterocycles. The molecular formula is C15H23N3O3. The van der Waals surface area contributed by atoms with Gasteiger partial charge in [-0.2, -0.15) is 0 Å². The van der Waals surface area contributed by atoms with Crippen LogP contribution in [0.25, 0.3) is 0 Å². The van der Waals surface area contributed by atoms with Crippen LogP contribution in [0.15, 0.2) is 18.3 Å². The molecule has 0 aliphatic rings. The van der Waals surface area contributed by atoms with Gasteiger partial charge in [-0.25, -0.2) is 4.79 Å². The van der Waals surface area contributed by atoms with Crippen LogP contribution in [0.4, 0.5) is 10.5 Å². The van der Waals surface area contributed by atoms with Crippen LogP contribution in [-0.4, -0.2) is 28.6 Å². The van der Waals surface area contributed by atoms with Crippen molar-refractivity contribution in [2.45, 2.75) is 34.1 Å². The average molecular weight is 293 g/mol. The normalized spacial score (nSPS) is 12.6. The first-order chi connectivity index (χ1) is 9.69. The van der Waals surface area contributed by atoms with Gasteiger partial charge in [-0.05, 0) is 30.9 Å². The van der Waals surface area contributed by atoms with Crippen molar-refractivity contribution in [1.29, 1.82) is 0 Å². The maximum Gasteiger partial charge on any atom is 0.319 e. The predicted octanol–water partition coefficient (Wildman–Crippen LogP) is 2.65. The van der Waals surface area contributed by atoms with Crippen LogP contribution in [0.2, 0.25) is 0 Å². The SMILES string of the molecule is Cc1ncccc1NC(=O)NCC(CC(C)(C)C)C(=O)O. The van der Waals surface area contributed by atoms with Gasteiger partial charge in [0.15, 0.2) is 0 Å². The number of aryl methyl sites for hydroxylation is 1. The summed E-state index contributed by atoms with van der Waals surface area (Å²) < 4.78 is 0. The van der Waals surface area contributed by atoms with Gasteiger partial charge in [0, 0.05) is 12.7 Å². The fraction of sp³-hybridized carbons (Fsp3) is 0.533. The summed E-state index contributed by atoms with van der Waals surface area (Å²) in [6, 6.07) is 3.04. The third-order valence-corrected chi connectivity index (χ3v) is 2.97. The summed E-state index contributed by atoms with van der Waals surface area (Å²) in [7, 11) is 0. The molecule has 3 N–H and O–H groups in total. The molecule has 1 rings (SSSR count). The van der Waals surface area contributed by atoms with Gasteiger partial charge in [-0.1, -0.05) is 20.8 Å². The van der Waals surface area contributed by atoms with Crippen molar-refractivity contribution < 1.29 is 14.7 Å². The highest BCUT2D eigenvalue weighted by molar-refractivity contribution is 5.90. The average Bonchev–Trinajstić information content (AvgIpc) is 2.35. The lowest BCUT2D eigenvalue weighted by molar-refractivity contribution is -0.142. The molecule has 0 saturated heterocycles. The third-order valence-electron chi connectivity index (χ3n) is 2.97. The number of hydrogen-bond acceptors (Lipinski definition) is 3. The number of aromatic nitrogens is 1. The quantitative estimate of drug-likeness (QED) is 0.778. The topological polar surface area (TPSA) is 91.3 Å². The minimum atomic E-state index is -0.900. The molecule has 6 heteroatoms. The van der Waals surface area contributed by atoms with Crippen LogP contribution in [0.1, 0.15) is 32.9 Å². The van der Waals surface area contributed by atoms with Gasteiger partial charge < -0.3 is 15.7 Å². The van der Waals surface area contributed by atoms with Gasteiger partial charge in [0.25, 0.3) is 0 Å². The second-order valence-corrected chi connectivity index (χ2v) is 6.27. The number of anilines is 1. The van der Waals surface area contributed by atoms with Crippen molar-refractivity contribution in [3.05, 3.63) is 24.0 Å². The van der Waals surface area contributed by atoms with E-state index in [4.69, 9.17) is 0 Å². The molecule has 0 radical (unpaired) electrons. The number of nitrogens with zero attached hydrogens (tertiary/aromatic N) is 1. The minimum absolute atomic E-state index is 0.0950. The molecule has 2 amide bonds. The van der Waals surface area contributed by atoms with Crippen LogP contribution in [0.5, 0.6) is 0 Å². The highest BCUT2D eigenvalue weighted by atomic mass is 16.4. The summed E-state index contributed by atoms with van der Waals surface area (Å²) in [5.41, 5.74) is 1.20. The van der Waals surface area contributed by atoms with Gasteiger partial charge in [-0.15, -0.1) is 0 Å². The van der Waals surface area contributed by atoms with Crippen LogP contribution >= 0.6 is 0 Å². The molecule has 0 aromatic carbocycles. The molecule has 0 aliphatic carbocycles. The Labute approximate surface area is 125 Å². The highest BCUT2D eigenvalue weighted by Gasteiger charge is 2.25. The predicted molar refractivity (Wildman–Crippen MR) is 81.2 cm³/mol. The van der Waals surface area contributed by atoms with E-state index in [9.17, 15) is 14.7 Å². The zero-order valence-electron chi connectivity index (χ0n) is 12.9. The van der Waals surface area contributed by atoms with E-state index in [1.54, 1.807) is 25.3 Å². The van der Waals surface area contributed by atoms with Crippen molar-refractivity contribution in [3.63, 3.8) is 0 Å². The summed E-state index contributed by atoms with van der Waals surface area (Å²) in [6.45, 7) is 7.80. The molecule has 1 atom stereocenters. The van der Waals surface area contributed by atoms with E-state index in [1.807, 2.05) is 20.8 Å². The number of carboxylic acids is 1. The maximum absolute atomic E-state index is 11.8. The summed E-state index contributed by atoms with van der Waals surface area (Å²) in [4.78, 5) is 27.1. The molecule has 0 spiro atoms. The number of carbonyl (C=O) groups excluding carboxylic acids is 1. The lowest BCUT2D eigenvalue weighted by Crippen LogP contribution is -2.37. The number of nitrogens with one attached hydrogen (secondary N) is 2.